The predicted molar refractivity (Wildman–Crippen MR) is 76.4 cm³/mol. The molecule has 0 saturated carbocycles. The number of halogens is 1. The predicted octanol–water partition coefficient (Wildman–Crippen LogP) is 1.87. The van der Waals surface area contributed by atoms with E-state index >= 15 is 0 Å². The first-order chi connectivity index (χ1) is 9.99. The molecule has 1 heterocycles. The number of nitrogens with one attached hydrogen (secondary N) is 1. The number of amides is 1. The molecule has 0 spiro atoms. The van der Waals surface area contributed by atoms with Crippen molar-refractivity contribution in [2.75, 3.05) is 6.61 Å². The van der Waals surface area contributed by atoms with Crippen molar-refractivity contribution in [1.82, 2.24) is 15.1 Å². The minimum atomic E-state index is -0.482. The molecule has 0 aliphatic carbocycles. The summed E-state index contributed by atoms with van der Waals surface area (Å²) in [4.78, 5) is 11.7. The Labute approximate surface area is 122 Å². The van der Waals surface area contributed by atoms with Gasteiger partial charge in [-0.3, -0.25) is 9.48 Å². The van der Waals surface area contributed by atoms with Gasteiger partial charge in [-0.25, -0.2) is 4.39 Å². The third-order valence-electron chi connectivity index (χ3n) is 3.32. The number of aryl methyl sites for hydroxylation is 2. The van der Waals surface area contributed by atoms with E-state index in [1.54, 1.807) is 16.8 Å². The summed E-state index contributed by atoms with van der Waals surface area (Å²) in [6.45, 7) is 3.99. The fourth-order valence-corrected chi connectivity index (χ4v) is 2.02. The van der Waals surface area contributed by atoms with E-state index in [0.717, 1.165) is 17.0 Å². The molecule has 2 aromatic rings. The van der Waals surface area contributed by atoms with Crippen LogP contribution in [0.5, 0.6) is 5.75 Å². The van der Waals surface area contributed by atoms with Gasteiger partial charge in [-0.05, 0) is 26.0 Å². The molecule has 0 aliphatic heterocycles. The van der Waals surface area contributed by atoms with E-state index in [2.05, 4.69) is 10.4 Å². The van der Waals surface area contributed by atoms with Crippen molar-refractivity contribution >= 4 is 5.91 Å². The van der Waals surface area contributed by atoms with Gasteiger partial charge in [0, 0.05) is 24.8 Å². The molecule has 21 heavy (non-hydrogen) atoms. The van der Waals surface area contributed by atoms with Crippen molar-refractivity contribution in [2.45, 2.75) is 20.4 Å². The van der Waals surface area contributed by atoms with Gasteiger partial charge in [0.2, 0.25) is 0 Å². The molecular formula is C15H18FN3O2. The Morgan fingerprint density at radius 2 is 2.10 bits per heavy atom. The third-order valence-corrected chi connectivity index (χ3v) is 3.32. The summed E-state index contributed by atoms with van der Waals surface area (Å²) < 4.78 is 20.2. The quantitative estimate of drug-likeness (QED) is 0.915. The molecule has 0 aliphatic rings. The van der Waals surface area contributed by atoms with Crippen LogP contribution >= 0.6 is 0 Å². The number of benzene rings is 1. The van der Waals surface area contributed by atoms with Crippen LogP contribution in [0, 0.1) is 19.7 Å². The standard InChI is InChI=1S/C15H18FN3O2/c1-10-12(11(2)19(3)18-10)8-17-15(20)9-21-14-7-5-4-6-13(14)16/h4-7H,8-9H2,1-3H3,(H,17,20). The van der Waals surface area contributed by atoms with E-state index in [9.17, 15) is 9.18 Å². The van der Waals surface area contributed by atoms with E-state index in [0.29, 0.717) is 6.54 Å². The van der Waals surface area contributed by atoms with E-state index < -0.39 is 5.82 Å². The molecule has 0 fully saturated rings. The summed E-state index contributed by atoms with van der Waals surface area (Å²) in [5.74, 6) is -0.716. The fourth-order valence-electron chi connectivity index (χ4n) is 2.02. The van der Waals surface area contributed by atoms with Gasteiger partial charge >= 0.3 is 0 Å². The van der Waals surface area contributed by atoms with Gasteiger partial charge in [0.05, 0.1) is 5.69 Å². The lowest BCUT2D eigenvalue weighted by Gasteiger charge is -2.08. The Hall–Kier alpha value is -2.37. The van der Waals surface area contributed by atoms with E-state index in [-0.39, 0.29) is 18.3 Å². The summed E-state index contributed by atoms with van der Waals surface area (Å²) in [5, 5.41) is 7.02. The first-order valence-corrected chi connectivity index (χ1v) is 6.62. The smallest absolute Gasteiger partial charge is 0.258 e. The van der Waals surface area contributed by atoms with Crippen molar-refractivity contribution in [3.05, 3.63) is 47.0 Å². The lowest BCUT2D eigenvalue weighted by molar-refractivity contribution is -0.123. The van der Waals surface area contributed by atoms with Crippen molar-refractivity contribution < 1.29 is 13.9 Å². The Balaban J connectivity index is 1.87. The summed E-state index contributed by atoms with van der Waals surface area (Å²) in [7, 11) is 1.86. The van der Waals surface area contributed by atoms with Crippen LogP contribution in [0.3, 0.4) is 0 Å². The Morgan fingerprint density at radius 1 is 1.38 bits per heavy atom. The number of hydrogen-bond donors (Lipinski definition) is 1. The zero-order valence-electron chi connectivity index (χ0n) is 12.3. The van der Waals surface area contributed by atoms with Gasteiger partial charge < -0.3 is 10.1 Å². The number of carbonyl (C=O) groups is 1. The average molecular weight is 291 g/mol. The Bertz CT molecular complexity index is 652. The van der Waals surface area contributed by atoms with Crippen molar-refractivity contribution in [3.63, 3.8) is 0 Å². The number of ether oxygens (including phenoxy) is 1. The van der Waals surface area contributed by atoms with Crippen LogP contribution in [0.25, 0.3) is 0 Å². The average Bonchev–Trinajstić information content (AvgIpc) is 2.69. The van der Waals surface area contributed by atoms with Crippen LogP contribution in [0.1, 0.15) is 17.0 Å². The van der Waals surface area contributed by atoms with Crippen LogP contribution in [-0.4, -0.2) is 22.3 Å². The zero-order valence-corrected chi connectivity index (χ0v) is 12.3. The second-order valence-corrected chi connectivity index (χ2v) is 4.77. The van der Waals surface area contributed by atoms with Crippen LogP contribution in [-0.2, 0) is 18.4 Å². The van der Waals surface area contributed by atoms with Crippen LogP contribution in [0.2, 0.25) is 0 Å². The number of carbonyl (C=O) groups excluding carboxylic acids is 1. The first kappa shape index (κ1) is 15.0. The summed E-state index contributed by atoms with van der Waals surface area (Å²) in [6.07, 6.45) is 0. The maximum absolute atomic E-state index is 13.3. The van der Waals surface area contributed by atoms with Crippen molar-refractivity contribution in [3.8, 4) is 5.75 Å². The van der Waals surface area contributed by atoms with Gasteiger partial charge in [0.1, 0.15) is 0 Å². The van der Waals surface area contributed by atoms with E-state index in [4.69, 9.17) is 4.74 Å². The number of nitrogens with zero attached hydrogens (tertiary/aromatic N) is 2. The monoisotopic (exact) mass is 291 g/mol. The molecule has 5 nitrogen and oxygen atoms in total. The van der Waals surface area contributed by atoms with Crippen molar-refractivity contribution in [1.29, 1.82) is 0 Å². The number of para-hydroxylation sites is 1. The zero-order chi connectivity index (χ0) is 15.4. The fraction of sp³-hybridized carbons (Fsp3) is 0.333. The van der Waals surface area contributed by atoms with Crippen LogP contribution in [0.4, 0.5) is 4.39 Å². The highest BCUT2D eigenvalue weighted by molar-refractivity contribution is 5.77. The minimum Gasteiger partial charge on any atom is -0.481 e. The Morgan fingerprint density at radius 3 is 2.71 bits per heavy atom. The molecule has 0 unspecified atom stereocenters. The van der Waals surface area contributed by atoms with Gasteiger partial charge in [0.25, 0.3) is 5.91 Å². The Kier molecular flexibility index (Phi) is 4.57. The lowest BCUT2D eigenvalue weighted by atomic mass is 10.2. The first-order valence-electron chi connectivity index (χ1n) is 6.62. The largest absolute Gasteiger partial charge is 0.481 e. The molecule has 0 saturated heterocycles. The second-order valence-electron chi connectivity index (χ2n) is 4.77. The third kappa shape index (κ3) is 3.59. The van der Waals surface area contributed by atoms with Gasteiger partial charge in [0.15, 0.2) is 18.2 Å². The molecule has 1 aromatic carbocycles. The highest BCUT2D eigenvalue weighted by Gasteiger charge is 2.11. The molecule has 1 aromatic heterocycles. The molecule has 1 N–H and O–H groups in total. The molecule has 1 amide bonds. The molecule has 0 bridgehead atoms. The minimum absolute atomic E-state index is 0.0707. The van der Waals surface area contributed by atoms with Gasteiger partial charge in [-0.2, -0.15) is 5.10 Å². The van der Waals surface area contributed by atoms with Crippen molar-refractivity contribution in [2.24, 2.45) is 7.05 Å². The maximum Gasteiger partial charge on any atom is 0.258 e. The highest BCUT2D eigenvalue weighted by atomic mass is 19.1. The van der Waals surface area contributed by atoms with E-state index in [1.807, 2.05) is 20.9 Å². The summed E-state index contributed by atoms with van der Waals surface area (Å²) >= 11 is 0. The summed E-state index contributed by atoms with van der Waals surface area (Å²) in [6, 6.07) is 5.99. The molecule has 0 atom stereocenters. The number of aromatic nitrogens is 2. The molecule has 0 radical (unpaired) electrons. The van der Waals surface area contributed by atoms with Crippen LogP contribution in [0.15, 0.2) is 24.3 Å². The second kappa shape index (κ2) is 6.39. The topological polar surface area (TPSA) is 56.2 Å². The SMILES string of the molecule is Cc1nn(C)c(C)c1CNC(=O)COc1ccccc1F. The van der Waals surface area contributed by atoms with E-state index in [1.165, 1.54) is 12.1 Å². The molecule has 2 rings (SSSR count). The number of hydrogen-bond acceptors (Lipinski definition) is 3. The van der Waals surface area contributed by atoms with Gasteiger partial charge in [-0.1, -0.05) is 12.1 Å². The maximum atomic E-state index is 13.3. The lowest BCUT2D eigenvalue weighted by Crippen LogP contribution is -2.29. The van der Waals surface area contributed by atoms with Crippen LogP contribution < -0.4 is 10.1 Å². The number of rotatable bonds is 5. The molecule has 6 heteroatoms. The molecular weight excluding hydrogens is 273 g/mol. The normalized spacial score (nSPS) is 10.5. The highest BCUT2D eigenvalue weighted by Crippen LogP contribution is 2.15. The molecule has 112 valence electrons. The van der Waals surface area contributed by atoms with Gasteiger partial charge in [-0.15, -0.1) is 0 Å². The summed E-state index contributed by atoms with van der Waals surface area (Å²) in [5.41, 5.74) is 2.87.